The summed E-state index contributed by atoms with van der Waals surface area (Å²) in [6, 6.07) is 0.725. The maximum atomic E-state index is 3.40. The number of piperidine rings is 1. The lowest BCUT2D eigenvalue weighted by atomic mass is 10.0. The number of likely N-dealkylation sites (tertiary alicyclic amines) is 1. The van der Waals surface area contributed by atoms with E-state index in [0.717, 1.165) is 25.4 Å². The predicted octanol–water partition coefficient (Wildman–Crippen LogP) is 3.42. The van der Waals surface area contributed by atoms with Crippen LogP contribution in [0, 0.1) is 0 Å². The lowest BCUT2D eigenvalue weighted by Crippen LogP contribution is -2.41. The summed E-state index contributed by atoms with van der Waals surface area (Å²) in [6.45, 7) is 7.60. The molecule has 1 aliphatic carbocycles. The maximum Gasteiger partial charge on any atom is 0.0320 e. The Morgan fingerprint density at radius 1 is 1.18 bits per heavy atom. The Labute approximate surface area is 137 Å². The molecule has 1 fully saturated rings. The molecule has 0 atom stereocenters. The van der Waals surface area contributed by atoms with Gasteiger partial charge in [0.05, 0.1) is 0 Å². The zero-order valence-corrected chi connectivity index (χ0v) is 15.2. The van der Waals surface area contributed by atoms with Gasteiger partial charge in [0.2, 0.25) is 0 Å². The molecule has 0 aromatic rings. The summed E-state index contributed by atoms with van der Waals surface area (Å²) in [7, 11) is 6.29. The van der Waals surface area contributed by atoms with Gasteiger partial charge in [0.15, 0.2) is 0 Å². The second kappa shape index (κ2) is 10.6. The summed E-state index contributed by atoms with van der Waals surface area (Å²) in [5.74, 6) is 0. The third kappa shape index (κ3) is 6.37. The van der Waals surface area contributed by atoms with Crippen molar-refractivity contribution in [2.75, 3.05) is 40.8 Å². The van der Waals surface area contributed by atoms with Crippen LogP contribution in [-0.4, -0.2) is 56.6 Å². The fourth-order valence-corrected chi connectivity index (χ4v) is 2.96. The van der Waals surface area contributed by atoms with Gasteiger partial charge in [0.25, 0.3) is 0 Å². The predicted molar refractivity (Wildman–Crippen MR) is 98.1 cm³/mol. The molecule has 0 amide bonds. The molecule has 1 heterocycles. The Balaban J connectivity index is 0.00000116. The van der Waals surface area contributed by atoms with Gasteiger partial charge in [-0.3, -0.25) is 4.90 Å². The average Bonchev–Trinajstić information content (AvgIpc) is 2.52. The van der Waals surface area contributed by atoms with Crippen LogP contribution < -0.4 is 5.32 Å². The molecule has 0 aromatic carbocycles. The molecular weight excluding hydrogens is 270 g/mol. The van der Waals surface area contributed by atoms with Gasteiger partial charge < -0.3 is 10.2 Å². The smallest absolute Gasteiger partial charge is 0.0320 e. The van der Waals surface area contributed by atoms with Crippen LogP contribution >= 0.6 is 0 Å². The highest BCUT2D eigenvalue weighted by atomic mass is 15.1. The Hall–Kier alpha value is -1.06. The monoisotopic (exact) mass is 305 g/mol. The molecule has 3 heteroatoms. The van der Waals surface area contributed by atoms with E-state index in [1.54, 1.807) is 5.57 Å². The fraction of sp³-hybridized carbons (Fsp3) is 0.684. The first-order valence-corrected chi connectivity index (χ1v) is 8.80. The molecule has 0 unspecified atom stereocenters. The summed E-state index contributed by atoms with van der Waals surface area (Å²) >= 11 is 0. The summed E-state index contributed by atoms with van der Waals surface area (Å²) in [6.07, 6.45) is 14.0. The van der Waals surface area contributed by atoms with Crippen LogP contribution in [0.3, 0.4) is 0 Å². The largest absolute Gasteiger partial charge is 0.378 e. The van der Waals surface area contributed by atoms with Gasteiger partial charge in [-0.1, -0.05) is 37.6 Å². The topological polar surface area (TPSA) is 18.5 Å². The van der Waals surface area contributed by atoms with Crippen molar-refractivity contribution >= 4 is 0 Å². The molecular formula is C19H35N3. The molecule has 3 nitrogen and oxygen atoms in total. The molecule has 0 spiro atoms. The van der Waals surface area contributed by atoms with Crippen molar-refractivity contribution in [3.8, 4) is 0 Å². The van der Waals surface area contributed by atoms with Gasteiger partial charge in [-0.25, -0.2) is 0 Å². The number of hydrogen-bond donors (Lipinski definition) is 1. The van der Waals surface area contributed by atoms with E-state index in [1.807, 2.05) is 13.8 Å². The molecule has 22 heavy (non-hydrogen) atoms. The first-order chi connectivity index (χ1) is 10.7. The number of allylic oxidation sites excluding steroid dienone is 4. The molecule has 2 aliphatic rings. The van der Waals surface area contributed by atoms with Crippen LogP contribution in [-0.2, 0) is 0 Å². The number of nitrogens with zero attached hydrogens (tertiary/aromatic N) is 2. The minimum Gasteiger partial charge on any atom is -0.378 e. The quantitative estimate of drug-likeness (QED) is 0.803. The van der Waals surface area contributed by atoms with Crippen LogP contribution in [0.4, 0.5) is 0 Å². The van der Waals surface area contributed by atoms with E-state index in [2.05, 4.69) is 60.6 Å². The summed E-state index contributed by atoms with van der Waals surface area (Å²) in [5, 5.41) is 3.40. The van der Waals surface area contributed by atoms with E-state index in [9.17, 15) is 0 Å². The van der Waals surface area contributed by atoms with E-state index >= 15 is 0 Å². The molecule has 1 saturated heterocycles. The second-order valence-electron chi connectivity index (χ2n) is 6.07. The summed E-state index contributed by atoms with van der Waals surface area (Å²) in [4.78, 5) is 4.78. The molecule has 126 valence electrons. The minimum atomic E-state index is 0.725. The molecule has 0 bridgehead atoms. The lowest BCUT2D eigenvalue weighted by Gasteiger charge is -2.32. The highest BCUT2D eigenvalue weighted by molar-refractivity contribution is 5.24. The summed E-state index contributed by atoms with van der Waals surface area (Å²) in [5.41, 5.74) is 2.88. The van der Waals surface area contributed by atoms with Gasteiger partial charge in [-0.15, -0.1) is 0 Å². The SMILES string of the molecule is CC.CNC1CCN(C/C2=C/CC=C(N(C)C)/C=C\C2)CC1. The van der Waals surface area contributed by atoms with Crippen molar-refractivity contribution in [1.82, 2.24) is 15.1 Å². The minimum absolute atomic E-state index is 0.725. The second-order valence-corrected chi connectivity index (χ2v) is 6.07. The number of likely N-dealkylation sites (N-methyl/N-ethyl adjacent to an activating group) is 1. The van der Waals surface area contributed by atoms with Gasteiger partial charge in [-0.2, -0.15) is 0 Å². The van der Waals surface area contributed by atoms with Crippen LogP contribution in [0.25, 0.3) is 0 Å². The molecule has 1 N–H and O–H groups in total. The van der Waals surface area contributed by atoms with Crippen molar-refractivity contribution in [1.29, 1.82) is 0 Å². The molecule has 1 aliphatic heterocycles. The van der Waals surface area contributed by atoms with Crippen molar-refractivity contribution in [3.05, 3.63) is 35.6 Å². The Kier molecular flexibility index (Phi) is 9.17. The van der Waals surface area contributed by atoms with E-state index in [-0.39, 0.29) is 0 Å². The molecule has 0 aromatic heterocycles. The van der Waals surface area contributed by atoms with Crippen molar-refractivity contribution < 1.29 is 0 Å². The van der Waals surface area contributed by atoms with Crippen LogP contribution in [0.2, 0.25) is 0 Å². The van der Waals surface area contributed by atoms with Gasteiger partial charge in [-0.05, 0) is 51.9 Å². The van der Waals surface area contributed by atoms with E-state index in [4.69, 9.17) is 0 Å². The van der Waals surface area contributed by atoms with E-state index in [0.29, 0.717) is 0 Å². The number of hydrogen-bond acceptors (Lipinski definition) is 3. The molecule has 0 saturated carbocycles. The van der Waals surface area contributed by atoms with Crippen molar-refractivity contribution in [2.24, 2.45) is 0 Å². The lowest BCUT2D eigenvalue weighted by molar-refractivity contribution is 0.215. The van der Waals surface area contributed by atoms with Gasteiger partial charge >= 0.3 is 0 Å². The van der Waals surface area contributed by atoms with Crippen molar-refractivity contribution in [3.63, 3.8) is 0 Å². The Bertz CT molecular complexity index is 385. The summed E-state index contributed by atoms with van der Waals surface area (Å²) < 4.78 is 0. The van der Waals surface area contributed by atoms with Gasteiger partial charge in [0.1, 0.15) is 0 Å². The zero-order chi connectivity index (χ0) is 16.4. The Morgan fingerprint density at radius 3 is 2.45 bits per heavy atom. The first kappa shape index (κ1) is 19.0. The molecule has 2 rings (SSSR count). The highest BCUT2D eigenvalue weighted by Crippen LogP contribution is 2.17. The van der Waals surface area contributed by atoms with Crippen molar-refractivity contribution in [2.45, 2.75) is 45.6 Å². The van der Waals surface area contributed by atoms with E-state index in [1.165, 1.54) is 31.6 Å². The van der Waals surface area contributed by atoms with Crippen LogP contribution in [0.15, 0.2) is 35.6 Å². The Morgan fingerprint density at radius 2 is 1.86 bits per heavy atom. The highest BCUT2D eigenvalue weighted by Gasteiger charge is 2.18. The maximum absolute atomic E-state index is 3.40. The fourth-order valence-electron chi connectivity index (χ4n) is 2.96. The normalized spacial score (nSPS) is 24.0. The third-order valence-corrected chi connectivity index (χ3v) is 4.34. The molecule has 0 radical (unpaired) electrons. The first-order valence-electron chi connectivity index (χ1n) is 8.80. The van der Waals surface area contributed by atoms with E-state index < -0.39 is 0 Å². The number of nitrogens with one attached hydrogen (secondary N) is 1. The van der Waals surface area contributed by atoms with Crippen LogP contribution in [0.5, 0.6) is 0 Å². The zero-order valence-electron chi connectivity index (χ0n) is 15.2. The van der Waals surface area contributed by atoms with Crippen LogP contribution in [0.1, 0.15) is 39.5 Å². The third-order valence-electron chi connectivity index (χ3n) is 4.34. The number of rotatable bonds is 4. The van der Waals surface area contributed by atoms with Gasteiger partial charge in [0, 0.05) is 32.4 Å². The standard InChI is InChI=1S/C17H29N3.C2H6/c1-18-16-10-12-20(13-11-16)14-15-6-4-8-17(19(2)3)9-5-7-15;1-2/h4,7-9,16,18H,5-6,10-14H2,1-3H3;1-2H3/b8-4-,15-7+,17-9?;. The average molecular weight is 306 g/mol.